The Labute approximate surface area is 194 Å². The first-order valence-electron chi connectivity index (χ1n) is 8.76. The van der Waals surface area contributed by atoms with Crippen LogP contribution in [0.15, 0.2) is 50.4 Å². The maximum absolute atomic E-state index is 12.3. The summed E-state index contributed by atoms with van der Waals surface area (Å²) in [5, 5.41) is 30.1. The molecule has 164 valence electrons. The van der Waals surface area contributed by atoms with E-state index in [1.54, 1.807) is 30.3 Å². The number of nitrogens with one attached hydrogen (secondary N) is 3. The lowest BCUT2D eigenvalue weighted by molar-refractivity contribution is -0.141. The highest BCUT2D eigenvalue weighted by Gasteiger charge is 2.22. The van der Waals surface area contributed by atoms with E-state index in [9.17, 15) is 24.6 Å². The zero-order chi connectivity index (χ0) is 23.0. The summed E-state index contributed by atoms with van der Waals surface area (Å²) in [6.45, 7) is -0.409. The molecule has 0 heterocycles. The second-order valence-electron chi connectivity index (χ2n) is 6.26. The van der Waals surface area contributed by atoms with Crippen molar-refractivity contribution >= 4 is 61.7 Å². The Morgan fingerprint density at radius 3 is 2.45 bits per heavy atom. The number of amides is 2. The Kier molecular flexibility index (Phi) is 8.82. The van der Waals surface area contributed by atoms with Crippen molar-refractivity contribution in [2.75, 3.05) is 11.9 Å². The monoisotopic (exact) mass is 555 g/mol. The van der Waals surface area contributed by atoms with Gasteiger partial charge < -0.3 is 32.0 Å². The predicted octanol–water partition coefficient (Wildman–Crippen LogP) is 1.77. The highest BCUT2D eigenvalue weighted by Crippen LogP contribution is 2.33. The van der Waals surface area contributed by atoms with E-state index < -0.39 is 30.4 Å². The van der Waals surface area contributed by atoms with Crippen molar-refractivity contribution < 1.29 is 24.6 Å². The van der Waals surface area contributed by atoms with Gasteiger partial charge in [-0.05, 0) is 67.8 Å². The average Bonchev–Trinajstić information content (AvgIpc) is 2.73. The number of nitrogens with two attached hydrogens (primary N) is 1. The molecule has 0 radical (unpaired) electrons. The molecule has 0 aliphatic heterocycles. The van der Waals surface area contributed by atoms with E-state index in [2.05, 4.69) is 52.9 Å². The third kappa shape index (κ3) is 7.26. The topological polar surface area (TPSA) is 166 Å². The molecule has 0 fully saturated rings. The van der Waals surface area contributed by atoms with Crippen molar-refractivity contribution in [3.8, 4) is 5.75 Å². The largest absolute Gasteiger partial charge is 0.506 e. The summed E-state index contributed by atoms with van der Waals surface area (Å²) in [6, 6.07) is 8.31. The van der Waals surface area contributed by atoms with Crippen LogP contribution in [-0.2, 0) is 16.0 Å². The fourth-order valence-electron chi connectivity index (χ4n) is 2.54. The van der Waals surface area contributed by atoms with Crippen LogP contribution in [0.2, 0.25) is 0 Å². The standard InChI is InChI=1S/C19H19Br2N5O5/c20-13-4-10(5-14(21)17(13)28)6-15(19(30)31)26-16(27)8-23-18(29)11-2-1-3-12(7-11)24-9-25-22/h1-5,7,9,15,28H,6,8,22H2,(H,23,29)(H,24,25)(H,26,27)(H,30,31). The van der Waals surface area contributed by atoms with Gasteiger partial charge in [0.25, 0.3) is 5.91 Å². The van der Waals surface area contributed by atoms with Crippen molar-refractivity contribution in [3.63, 3.8) is 0 Å². The minimum Gasteiger partial charge on any atom is -0.506 e. The van der Waals surface area contributed by atoms with Crippen LogP contribution in [-0.4, -0.2) is 46.9 Å². The second kappa shape index (κ2) is 11.3. The molecule has 0 bridgehead atoms. The van der Waals surface area contributed by atoms with Crippen LogP contribution in [0.4, 0.5) is 5.69 Å². The molecule has 0 aliphatic carbocycles. The highest BCUT2D eigenvalue weighted by atomic mass is 79.9. The Hall–Kier alpha value is -3.12. The van der Waals surface area contributed by atoms with Gasteiger partial charge in [0.2, 0.25) is 5.91 Å². The number of phenolic OH excluding ortho intramolecular Hbond substituents is 1. The lowest BCUT2D eigenvalue weighted by Gasteiger charge is -2.16. The SMILES string of the molecule is NN=CNc1cccc(C(=O)NCC(=O)NC(Cc2cc(Br)c(O)c(Br)c2)C(=O)O)c1. The molecule has 10 nitrogen and oxygen atoms in total. The minimum absolute atomic E-state index is 0.0167. The number of phenols is 1. The quantitative estimate of drug-likeness (QED) is 0.118. The van der Waals surface area contributed by atoms with Gasteiger partial charge in [-0.15, -0.1) is 0 Å². The molecule has 0 saturated heterocycles. The maximum Gasteiger partial charge on any atom is 0.326 e. The Morgan fingerprint density at radius 1 is 1.16 bits per heavy atom. The molecular formula is C19H19Br2N5O5. The molecule has 2 rings (SSSR count). The third-order valence-corrected chi connectivity index (χ3v) is 5.20. The first-order valence-corrected chi connectivity index (χ1v) is 10.4. The van der Waals surface area contributed by atoms with E-state index >= 15 is 0 Å². The number of aliphatic carboxylic acids is 1. The Balaban J connectivity index is 1.96. The van der Waals surface area contributed by atoms with Gasteiger partial charge in [0.1, 0.15) is 18.1 Å². The van der Waals surface area contributed by atoms with Crippen molar-refractivity contribution in [2.45, 2.75) is 12.5 Å². The smallest absolute Gasteiger partial charge is 0.326 e. The first-order chi connectivity index (χ1) is 14.7. The predicted molar refractivity (Wildman–Crippen MR) is 122 cm³/mol. The van der Waals surface area contributed by atoms with Crippen LogP contribution in [0.25, 0.3) is 0 Å². The number of carboxylic acids is 1. The van der Waals surface area contributed by atoms with Gasteiger partial charge in [0.15, 0.2) is 0 Å². The molecule has 1 atom stereocenters. The summed E-state index contributed by atoms with van der Waals surface area (Å²) >= 11 is 6.35. The summed E-state index contributed by atoms with van der Waals surface area (Å²) in [5.74, 6) is 2.58. The number of anilines is 1. The molecule has 0 aromatic heterocycles. The second-order valence-corrected chi connectivity index (χ2v) is 7.97. The lowest BCUT2D eigenvalue weighted by atomic mass is 10.1. The van der Waals surface area contributed by atoms with Crippen LogP contribution in [0.1, 0.15) is 15.9 Å². The molecule has 0 spiro atoms. The fraction of sp³-hybridized carbons (Fsp3) is 0.158. The van der Waals surface area contributed by atoms with Crippen molar-refractivity contribution in [3.05, 3.63) is 56.5 Å². The molecule has 2 aromatic rings. The Morgan fingerprint density at radius 2 is 1.84 bits per heavy atom. The van der Waals surface area contributed by atoms with Crippen LogP contribution >= 0.6 is 31.9 Å². The van der Waals surface area contributed by atoms with Crippen molar-refractivity contribution in [2.24, 2.45) is 10.9 Å². The third-order valence-electron chi connectivity index (χ3n) is 3.99. The molecule has 0 aliphatic rings. The number of nitrogens with zero attached hydrogens (tertiary/aromatic N) is 1. The zero-order valence-electron chi connectivity index (χ0n) is 15.9. The number of halogens is 2. The number of rotatable bonds is 9. The first kappa shape index (κ1) is 24.2. The van der Waals surface area contributed by atoms with Crippen molar-refractivity contribution in [1.29, 1.82) is 0 Å². The normalized spacial score (nSPS) is 11.7. The summed E-state index contributed by atoms with van der Waals surface area (Å²) in [4.78, 5) is 36.0. The van der Waals surface area contributed by atoms with Crippen LogP contribution < -0.4 is 21.8 Å². The molecule has 12 heteroatoms. The fourth-order valence-corrected chi connectivity index (χ4v) is 3.82. The number of carboxylic acid groups (broad SMARTS) is 1. The zero-order valence-corrected chi connectivity index (χ0v) is 19.1. The minimum atomic E-state index is -1.24. The molecule has 0 saturated carbocycles. The molecule has 31 heavy (non-hydrogen) atoms. The molecule has 1 unspecified atom stereocenters. The van der Waals surface area contributed by atoms with Gasteiger partial charge in [0, 0.05) is 17.7 Å². The van der Waals surface area contributed by atoms with E-state index in [1.807, 2.05) is 0 Å². The number of hydrogen-bond acceptors (Lipinski definition) is 6. The summed E-state index contributed by atoms with van der Waals surface area (Å²) in [7, 11) is 0. The van der Waals surface area contributed by atoms with Crippen LogP contribution in [0, 0.1) is 0 Å². The lowest BCUT2D eigenvalue weighted by Crippen LogP contribution is -2.46. The van der Waals surface area contributed by atoms with E-state index in [0.29, 0.717) is 20.2 Å². The van der Waals surface area contributed by atoms with E-state index in [0.717, 1.165) is 0 Å². The van der Waals surface area contributed by atoms with E-state index in [4.69, 9.17) is 5.84 Å². The maximum atomic E-state index is 12.3. The van der Waals surface area contributed by atoms with E-state index in [-0.39, 0.29) is 17.7 Å². The summed E-state index contributed by atoms with van der Waals surface area (Å²) in [6.07, 6.45) is 1.23. The number of carbonyl (C=O) groups excluding carboxylic acids is 2. The van der Waals surface area contributed by atoms with Gasteiger partial charge in [-0.1, -0.05) is 6.07 Å². The molecule has 7 N–H and O–H groups in total. The Bertz CT molecular complexity index is 992. The number of hydrazone groups is 1. The van der Waals surface area contributed by atoms with Crippen LogP contribution in [0.5, 0.6) is 5.75 Å². The van der Waals surface area contributed by atoms with Gasteiger partial charge in [0.05, 0.1) is 15.5 Å². The van der Waals surface area contributed by atoms with Gasteiger partial charge in [-0.2, -0.15) is 5.10 Å². The average molecular weight is 557 g/mol. The van der Waals surface area contributed by atoms with Gasteiger partial charge >= 0.3 is 5.97 Å². The summed E-state index contributed by atoms with van der Waals surface area (Å²) in [5.41, 5.74) is 1.43. The number of aromatic hydroxyl groups is 1. The summed E-state index contributed by atoms with van der Waals surface area (Å²) < 4.78 is 0.767. The number of benzene rings is 2. The van der Waals surface area contributed by atoms with E-state index in [1.165, 1.54) is 12.4 Å². The highest BCUT2D eigenvalue weighted by molar-refractivity contribution is 9.11. The van der Waals surface area contributed by atoms with Gasteiger partial charge in [-0.3, -0.25) is 9.59 Å². The van der Waals surface area contributed by atoms with Crippen molar-refractivity contribution in [1.82, 2.24) is 10.6 Å². The number of carbonyl (C=O) groups is 3. The molecular weight excluding hydrogens is 538 g/mol. The molecule has 2 amide bonds. The van der Waals surface area contributed by atoms with Crippen LogP contribution in [0.3, 0.4) is 0 Å². The number of hydrogen-bond donors (Lipinski definition) is 6. The molecule has 2 aromatic carbocycles. The van der Waals surface area contributed by atoms with Gasteiger partial charge in [-0.25, -0.2) is 4.79 Å².